The van der Waals surface area contributed by atoms with Gasteiger partial charge in [-0.1, -0.05) is 218 Å². The molecule has 0 radical (unpaired) electrons. The number of hydrogen-bond acceptors (Lipinski definition) is 10. The van der Waals surface area contributed by atoms with Crippen LogP contribution in [0.4, 0.5) is 0 Å². The fraction of sp³-hybridized carbons (Fsp3) is 0.590. The maximum atomic E-state index is 14.7. The van der Waals surface area contributed by atoms with Gasteiger partial charge in [-0.15, -0.1) is 0 Å². The van der Waals surface area contributed by atoms with E-state index in [1.807, 2.05) is 43.3 Å². The predicted octanol–water partition coefficient (Wildman–Crippen LogP) is 20.8. The number of fused-ring (bicyclic) bond motifs is 2. The summed E-state index contributed by atoms with van der Waals surface area (Å²) in [5.41, 5.74) is 4.07. The average Bonchev–Trinajstić information content (AvgIpc) is 0.697. The molecule has 6 aromatic rings. The topological polar surface area (TPSA) is 137 Å². The molecule has 4 aromatic carbocycles. The number of amides is 4. The van der Waals surface area contributed by atoms with E-state index in [-0.39, 0.29) is 11.5 Å². The molecule has 12 nitrogen and oxygen atoms in total. The molecule has 12 heteroatoms. The zero-order chi connectivity index (χ0) is 63.3. The number of aromatic nitrogens is 2. The largest absolute Gasteiger partial charge is 0.493 e. The molecule has 0 bridgehead atoms. The molecule has 0 fully saturated rings. The van der Waals surface area contributed by atoms with Crippen LogP contribution in [-0.2, 0) is 9.47 Å². The minimum Gasteiger partial charge on any atom is -0.493 e. The SMILES string of the molecule is C/C=C/c1cc(OCCCCOCC(CCCCCCCCCC)CCCCCCCCCCCC)c(/C=C/N2C(=O)c3ccc4c5ncc6c7c(ccc(c8ncc(c3c48)C2=O)c75)C(=O)N(C)C6=O)cc1OCCCCOCCCCCCCCCCCC. The van der Waals surface area contributed by atoms with Crippen LogP contribution in [0.5, 0.6) is 11.5 Å². The summed E-state index contributed by atoms with van der Waals surface area (Å²) in [6, 6.07) is 11.1. The molecule has 8 rings (SSSR count). The Balaban J connectivity index is 0.920. The summed E-state index contributed by atoms with van der Waals surface area (Å²) in [6.07, 6.45) is 53.6. The van der Waals surface area contributed by atoms with Crippen molar-refractivity contribution < 1.29 is 38.1 Å². The van der Waals surface area contributed by atoms with E-state index in [0.717, 1.165) is 60.7 Å². The normalized spacial score (nSPS) is 13.8. The van der Waals surface area contributed by atoms with Gasteiger partial charge in [-0.3, -0.25) is 34.0 Å². The minimum atomic E-state index is -0.508. The van der Waals surface area contributed by atoms with Gasteiger partial charge in [0, 0.05) is 107 Å². The van der Waals surface area contributed by atoms with Crippen LogP contribution in [0, 0.1) is 5.92 Å². The zero-order valence-corrected chi connectivity index (χ0v) is 55.8. The number of ether oxygens (including phenoxy) is 4. The molecule has 2 aliphatic heterocycles. The number of pyridine rings is 2. The molecule has 4 heterocycles. The fourth-order valence-corrected chi connectivity index (χ4v) is 13.5. The molecule has 0 aliphatic carbocycles. The summed E-state index contributed by atoms with van der Waals surface area (Å²) in [5.74, 6) is 0.122. The number of unbranched alkanes of at least 4 members (excludes halogenated alkanes) is 27. The maximum absolute atomic E-state index is 14.7. The predicted molar refractivity (Wildman–Crippen MR) is 370 cm³/mol. The molecule has 0 N–H and O–H groups in total. The Hall–Kier alpha value is -6.24. The highest BCUT2D eigenvalue weighted by Gasteiger charge is 2.36. The smallest absolute Gasteiger partial charge is 0.267 e. The Morgan fingerprint density at radius 2 is 0.800 bits per heavy atom. The van der Waals surface area contributed by atoms with Crippen LogP contribution >= 0.6 is 0 Å². The van der Waals surface area contributed by atoms with E-state index >= 15 is 0 Å². The number of carbonyl (C=O) groups excluding carboxylic acids is 4. The standard InChI is InChI=1S/C78H108N4O8/c1-6-10-13-16-19-22-24-27-30-33-41-58(40-32-29-26-21-18-15-12-8-3)57-88-50-36-38-52-90-68-53-59(39-9-4)67(89-51-37-35-49-87-48-34-31-28-25-23-20-17-14-11-7-2)54-60(68)46-47-82-77(85)64-45-43-62-72-70(64)66(78(82)86)56-80-74(72)61-42-44-63-69-65(55-79-73(62)71(61)69)76(84)81(5)75(63)83/h9,39,42-47,53-56,58H,6-8,10-38,40-41,48-52,57H2,1-5H3/b39-9+,47-46+. The molecule has 0 saturated carbocycles. The highest BCUT2D eigenvalue weighted by atomic mass is 16.5. The van der Waals surface area contributed by atoms with Crippen molar-refractivity contribution in [2.45, 2.75) is 246 Å². The van der Waals surface area contributed by atoms with E-state index in [9.17, 15) is 19.2 Å². The molecule has 2 aliphatic rings. The molecule has 488 valence electrons. The molecule has 1 atom stereocenters. The van der Waals surface area contributed by atoms with Crippen LogP contribution < -0.4 is 9.47 Å². The van der Waals surface area contributed by atoms with Crippen molar-refractivity contribution in [3.8, 4) is 11.5 Å². The summed E-state index contributed by atoms with van der Waals surface area (Å²) in [5, 5.41) is 3.69. The minimum absolute atomic E-state index is 0.285. The second-order valence-corrected chi connectivity index (χ2v) is 25.8. The monoisotopic (exact) mass is 1230 g/mol. The van der Waals surface area contributed by atoms with E-state index in [2.05, 4.69) is 20.8 Å². The highest BCUT2D eigenvalue weighted by molar-refractivity contribution is 6.39. The third-order valence-electron chi connectivity index (χ3n) is 18.7. The van der Waals surface area contributed by atoms with Gasteiger partial charge in [-0.05, 0) is 88.1 Å². The van der Waals surface area contributed by atoms with Crippen molar-refractivity contribution in [3.05, 3.63) is 94.4 Å². The summed E-state index contributed by atoms with van der Waals surface area (Å²) in [7, 11) is 1.47. The van der Waals surface area contributed by atoms with Crippen LogP contribution in [0.25, 0.3) is 55.5 Å². The summed E-state index contributed by atoms with van der Waals surface area (Å²) in [4.78, 5) is 68.2. The van der Waals surface area contributed by atoms with Crippen LogP contribution in [-0.4, -0.2) is 90.1 Å². The highest BCUT2D eigenvalue weighted by Crippen LogP contribution is 2.45. The lowest BCUT2D eigenvalue weighted by molar-refractivity contribution is 0.0644. The summed E-state index contributed by atoms with van der Waals surface area (Å²) in [6.45, 7) is 12.8. The number of hydrogen-bond donors (Lipinski definition) is 0. The van der Waals surface area contributed by atoms with Gasteiger partial charge in [0.25, 0.3) is 23.6 Å². The molecular formula is C78H108N4O8. The third kappa shape index (κ3) is 18.9. The molecular weight excluding hydrogens is 1120 g/mol. The first kappa shape index (κ1) is 69.6. The Kier molecular flexibility index (Phi) is 29.4. The van der Waals surface area contributed by atoms with Gasteiger partial charge in [0.15, 0.2) is 0 Å². The Bertz CT molecular complexity index is 3170. The van der Waals surface area contributed by atoms with Crippen molar-refractivity contribution in [1.82, 2.24) is 19.8 Å². The molecule has 2 aromatic heterocycles. The number of imide groups is 2. The molecule has 90 heavy (non-hydrogen) atoms. The lowest BCUT2D eigenvalue weighted by Gasteiger charge is -2.27. The first-order valence-electron chi connectivity index (χ1n) is 35.7. The van der Waals surface area contributed by atoms with Crippen LogP contribution in [0.3, 0.4) is 0 Å². The van der Waals surface area contributed by atoms with E-state index in [0.29, 0.717) is 109 Å². The van der Waals surface area contributed by atoms with E-state index in [1.54, 1.807) is 18.2 Å². The molecule has 0 saturated heterocycles. The maximum Gasteiger partial charge on any atom is 0.267 e. The van der Waals surface area contributed by atoms with Crippen molar-refractivity contribution in [2.75, 3.05) is 46.7 Å². The van der Waals surface area contributed by atoms with Crippen molar-refractivity contribution in [1.29, 1.82) is 0 Å². The van der Waals surface area contributed by atoms with Crippen LogP contribution in [0.15, 0.2) is 61.1 Å². The van der Waals surface area contributed by atoms with Gasteiger partial charge in [0.05, 0.1) is 35.4 Å². The van der Waals surface area contributed by atoms with E-state index in [1.165, 1.54) is 212 Å². The first-order chi connectivity index (χ1) is 44.2. The van der Waals surface area contributed by atoms with Gasteiger partial charge in [0.1, 0.15) is 11.5 Å². The van der Waals surface area contributed by atoms with Gasteiger partial charge < -0.3 is 18.9 Å². The Morgan fingerprint density at radius 1 is 0.422 bits per heavy atom. The van der Waals surface area contributed by atoms with Gasteiger partial charge in [-0.25, -0.2) is 4.90 Å². The van der Waals surface area contributed by atoms with Crippen molar-refractivity contribution in [2.24, 2.45) is 5.92 Å². The lowest BCUT2D eigenvalue weighted by Crippen LogP contribution is -2.37. The average molecular weight is 1230 g/mol. The van der Waals surface area contributed by atoms with E-state index in [4.69, 9.17) is 28.9 Å². The number of rotatable bonds is 48. The second kappa shape index (κ2) is 37.9. The fourth-order valence-electron chi connectivity index (χ4n) is 13.5. The van der Waals surface area contributed by atoms with Gasteiger partial charge >= 0.3 is 0 Å². The third-order valence-corrected chi connectivity index (χ3v) is 18.7. The van der Waals surface area contributed by atoms with Gasteiger partial charge in [-0.2, -0.15) is 0 Å². The number of allylic oxidation sites excluding steroid dienone is 1. The van der Waals surface area contributed by atoms with Crippen molar-refractivity contribution in [3.63, 3.8) is 0 Å². The van der Waals surface area contributed by atoms with Gasteiger partial charge in [0.2, 0.25) is 0 Å². The lowest BCUT2D eigenvalue weighted by atomic mass is 9.86. The zero-order valence-electron chi connectivity index (χ0n) is 55.8. The number of carbonyl (C=O) groups is 4. The second-order valence-electron chi connectivity index (χ2n) is 25.8. The quantitative estimate of drug-likeness (QED) is 0.0157. The number of benzene rings is 4. The van der Waals surface area contributed by atoms with Crippen LogP contribution in [0.1, 0.15) is 299 Å². The van der Waals surface area contributed by atoms with Crippen molar-refractivity contribution >= 4 is 79.1 Å². The molecule has 4 amide bonds. The summed E-state index contributed by atoms with van der Waals surface area (Å²) >= 11 is 0. The Labute approximate surface area is 539 Å². The first-order valence-corrected chi connectivity index (χ1v) is 35.7. The molecule has 0 spiro atoms. The number of nitrogens with zero attached hydrogens (tertiary/aromatic N) is 4. The Morgan fingerprint density at radius 3 is 1.28 bits per heavy atom. The van der Waals surface area contributed by atoms with Crippen LogP contribution in [0.2, 0.25) is 0 Å². The van der Waals surface area contributed by atoms with E-state index < -0.39 is 17.7 Å². The molecule has 1 unspecified atom stereocenters. The summed E-state index contributed by atoms with van der Waals surface area (Å²) < 4.78 is 25.7.